The minimum atomic E-state index is 0.380. The molecule has 100 valence electrons. The van der Waals surface area contributed by atoms with Gasteiger partial charge in [0.2, 0.25) is 0 Å². The maximum absolute atomic E-state index is 5.73. The Morgan fingerprint density at radius 3 is 2.67 bits per heavy atom. The van der Waals surface area contributed by atoms with Gasteiger partial charge in [0.05, 0.1) is 12.2 Å². The average Bonchev–Trinajstić information content (AvgIpc) is 2.34. The largest absolute Gasteiger partial charge is 0.493 e. The van der Waals surface area contributed by atoms with Crippen LogP contribution in [-0.4, -0.2) is 36.1 Å². The van der Waals surface area contributed by atoms with E-state index in [0.717, 1.165) is 24.3 Å². The number of rotatable bonds is 7. The molecule has 0 aliphatic carbocycles. The van der Waals surface area contributed by atoms with E-state index in [1.165, 1.54) is 0 Å². The minimum absolute atomic E-state index is 0.380. The predicted molar refractivity (Wildman–Crippen MR) is 80.2 cm³/mol. The van der Waals surface area contributed by atoms with Crippen molar-refractivity contribution in [3.63, 3.8) is 0 Å². The first-order valence-electron chi connectivity index (χ1n) is 6.24. The average molecular weight is 266 g/mol. The lowest BCUT2D eigenvalue weighted by atomic mass is 10.2. The zero-order valence-corrected chi connectivity index (χ0v) is 12.2. The summed E-state index contributed by atoms with van der Waals surface area (Å²) in [6.45, 7) is 6.07. The smallest absolute Gasteiger partial charge is 0.129 e. The Morgan fingerprint density at radius 2 is 2.06 bits per heavy atom. The van der Waals surface area contributed by atoms with Gasteiger partial charge in [0.15, 0.2) is 0 Å². The lowest BCUT2D eigenvalue weighted by Crippen LogP contribution is -2.28. The van der Waals surface area contributed by atoms with E-state index in [-0.39, 0.29) is 0 Å². The van der Waals surface area contributed by atoms with Crippen LogP contribution in [0.15, 0.2) is 24.3 Å². The van der Waals surface area contributed by atoms with Gasteiger partial charge in [-0.1, -0.05) is 24.4 Å². The fourth-order valence-electron chi connectivity index (χ4n) is 1.55. The number of thiocarbonyl (C=S) groups is 1. The van der Waals surface area contributed by atoms with Crippen molar-refractivity contribution in [1.82, 2.24) is 4.90 Å². The van der Waals surface area contributed by atoms with Crippen LogP contribution in [0.1, 0.15) is 25.8 Å². The van der Waals surface area contributed by atoms with Crippen LogP contribution in [0.5, 0.6) is 5.75 Å². The quantitative estimate of drug-likeness (QED) is 0.607. The van der Waals surface area contributed by atoms with E-state index in [0.29, 0.717) is 17.6 Å². The summed E-state index contributed by atoms with van der Waals surface area (Å²) in [6.07, 6.45) is 0.986. The molecule has 1 aromatic rings. The van der Waals surface area contributed by atoms with Gasteiger partial charge in [-0.25, -0.2) is 0 Å². The highest BCUT2D eigenvalue weighted by Gasteiger charge is 2.06. The highest BCUT2D eigenvalue weighted by atomic mass is 32.1. The molecule has 0 heterocycles. The summed E-state index contributed by atoms with van der Waals surface area (Å²) in [5.41, 5.74) is 6.46. The second-order valence-electron chi connectivity index (χ2n) is 4.64. The molecular weight excluding hydrogens is 244 g/mol. The van der Waals surface area contributed by atoms with Gasteiger partial charge in [0.25, 0.3) is 0 Å². The van der Waals surface area contributed by atoms with E-state index < -0.39 is 0 Å². The van der Waals surface area contributed by atoms with Crippen LogP contribution >= 0.6 is 12.2 Å². The van der Waals surface area contributed by atoms with Gasteiger partial charge in [0, 0.05) is 12.6 Å². The number of benzene rings is 1. The van der Waals surface area contributed by atoms with Crippen molar-refractivity contribution in [2.45, 2.75) is 26.3 Å². The summed E-state index contributed by atoms with van der Waals surface area (Å²) in [7, 11) is 2.12. The fourth-order valence-corrected chi connectivity index (χ4v) is 1.72. The van der Waals surface area contributed by atoms with Crippen LogP contribution in [0.2, 0.25) is 0 Å². The molecule has 0 radical (unpaired) electrons. The molecular formula is C14H22N2OS. The maximum atomic E-state index is 5.73. The summed E-state index contributed by atoms with van der Waals surface area (Å²) in [4.78, 5) is 2.67. The number of hydrogen-bond acceptors (Lipinski definition) is 3. The molecule has 3 nitrogen and oxygen atoms in total. The monoisotopic (exact) mass is 266 g/mol. The summed E-state index contributed by atoms with van der Waals surface area (Å²) in [5.74, 6) is 0.775. The highest BCUT2D eigenvalue weighted by Crippen LogP contribution is 2.17. The number of hydrogen-bond donors (Lipinski definition) is 1. The topological polar surface area (TPSA) is 38.5 Å². The van der Waals surface area contributed by atoms with Crippen molar-refractivity contribution in [3.8, 4) is 5.75 Å². The molecule has 0 aromatic heterocycles. The molecule has 0 aliphatic heterocycles. The molecule has 0 spiro atoms. The van der Waals surface area contributed by atoms with Crippen molar-refractivity contribution in [1.29, 1.82) is 0 Å². The molecule has 0 unspecified atom stereocenters. The number of nitrogens with two attached hydrogens (primary N) is 1. The first-order valence-corrected chi connectivity index (χ1v) is 6.65. The Bertz CT molecular complexity index is 393. The first-order chi connectivity index (χ1) is 8.52. The van der Waals surface area contributed by atoms with Gasteiger partial charge in [-0.3, -0.25) is 0 Å². The van der Waals surface area contributed by atoms with Crippen LogP contribution in [0.3, 0.4) is 0 Å². The second kappa shape index (κ2) is 7.34. The minimum Gasteiger partial charge on any atom is -0.493 e. The van der Waals surface area contributed by atoms with Crippen LogP contribution in [0.25, 0.3) is 0 Å². The number of ether oxygens (including phenoxy) is 1. The summed E-state index contributed by atoms with van der Waals surface area (Å²) in [5, 5.41) is 0. The Labute approximate surface area is 115 Å². The second-order valence-corrected chi connectivity index (χ2v) is 5.08. The van der Waals surface area contributed by atoms with E-state index in [4.69, 9.17) is 22.7 Å². The van der Waals surface area contributed by atoms with Crippen LogP contribution in [0.4, 0.5) is 0 Å². The Morgan fingerprint density at radius 1 is 1.39 bits per heavy atom. The third kappa shape index (κ3) is 4.63. The van der Waals surface area contributed by atoms with Crippen molar-refractivity contribution >= 4 is 17.2 Å². The molecule has 0 atom stereocenters. The van der Waals surface area contributed by atoms with Gasteiger partial charge in [-0.15, -0.1) is 0 Å². The van der Waals surface area contributed by atoms with E-state index >= 15 is 0 Å². The molecule has 0 aliphatic rings. The van der Waals surface area contributed by atoms with Gasteiger partial charge in [-0.05, 0) is 39.4 Å². The van der Waals surface area contributed by atoms with Gasteiger partial charge in [-0.2, -0.15) is 0 Å². The lowest BCUT2D eigenvalue weighted by molar-refractivity contribution is 0.234. The SMILES string of the molecule is CC(C)N(C)CCCOc1ccccc1C(N)=S. The van der Waals surface area contributed by atoms with E-state index in [2.05, 4.69) is 25.8 Å². The van der Waals surface area contributed by atoms with Crippen molar-refractivity contribution in [3.05, 3.63) is 29.8 Å². The standard InChI is InChI=1S/C14H22N2OS/c1-11(2)16(3)9-6-10-17-13-8-5-4-7-12(13)14(15)18/h4-5,7-8,11H,6,9-10H2,1-3H3,(H2,15,18). The molecule has 4 heteroatoms. The molecule has 0 bridgehead atoms. The number of nitrogens with zero attached hydrogens (tertiary/aromatic N) is 1. The summed E-state index contributed by atoms with van der Waals surface area (Å²) in [6, 6.07) is 8.19. The molecule has 1 rings (SSSR count). The Hall–Kier alpha value is -1.13. The van der Waals surface area contributed by atoms with E-state index in [1.54, 1.807) is 0 Å². The van der Waals surface area contributed by atoms with Crippen LogP contribution in [0, 0.1) is 0 Å². The highest BCUT2D eigenvalue weighted by molar-refractivity contribution is 7.80. The van der Waals surface area contributed by atoms with Crippen molar-refractivity contribution < 1.29 is 4.74 Å². The lowest BCUT2D eigenvalue weighted by Gasteiger charge is -2.20. The van der Waals surface area contributed by atoms with Crippen molar-refractivity contribution in [2.24, 2.45) is 5.73 Å². The molecule has 0 saturated carbocycles. The van der Waals surface area contributed by atoms with Gasteiger partial charge < -0.3 is 15.4 Å². The Kier molecular flexibility index (Phi) is 6.09. The Balaban J connectivity index is 2.42. The molecule has 2 N–H and O–H groups in total. The molecule has 0 amide bonds. The summed E-state index contributed by atoms with van der Waals surface area (Å²) < 4.78 is 5.73. The van der Waals surface area contributed by atoms with Gasteiger partial charge in [0.1, 0.15) is 10.7 Å². The van der Waals surface area contributed by atoms with E-state index in [9.17, 15) is 0 Å². The molecule has 1 aromatic carbocycles. The zero-order valence-electron chi connectivity index (χ0n) is 11.3. The maximum Gasteiger partial charge on any atom is 0.129 e. The van der Waals surface area contributed by atoms with Crippen LogP contribution in [-0.2, 0) is 0 Å². The molecule has 18 heavy (non-hydrogen) atoms. The van der Waals surface area contributed by atoms with E-state index in [1.807, 2.05) is 24.3 Å². The third-order valence-corrected chi connectivity index (χ3v) is 3.17. The normalized spacial score (nSPS) is 10.9. The zero-order chi connectivity index (χ0) is 13.5. The third-order valence-electron chi connectivity index (χ3n) is 2.95. The molecule has 0 fully saturated rings. The van der Waals surface area contributed by atoms with Crippen molar-refractivity contribution in [2.75, 3.05) is 20.2 Å². The molecule has 0 saturated heterocycles. The number of para-hydroxylation sites is 1. The van der Waals surface area contributed by atoms with Crippen LogP contribution < -0.4 is 10.5 Å². The summed E-state index contributed by atoms with van der Waals surface area (Å²) >= 11 is 4.99. The van der Waals surface area contributed by atoms with Gasteiger partial charge >= 0.3 is 0 Å². The first kappa shape index (κ1) is 14.9. The fraction of sp³-hybridized carbons (Fsp3) is 0.500. The predicted octanol–water partition coefficient (Wildman–Crippen LogP) is 2.43.